The molecule has 0 aliphatic heterocycles. The van der Waals surface area contributed by atoms with Gasteiger partial charge in [0.05, 0.1) is 18.2 Å². The minimum Gasteiger partial charge on any atom is -0.352 e. The maximum atomic E-state index is 13.7. The molecule has 0 radical (unpaired) electrons. The van der Waals surface area contributed by atoms with E-state index in [1.54, 1.807) is 26.1 Å². The smallest absolute Gasteiger partial charge is 0.234 e. The number of halogens is 2. The summed E-state index contributed by atoms with van der Waals surface area (Å²) in [6, 6.07) is 12.5. The van der Waals surface area contributed by atoms with E-state index in [4.69, 9.17) is 5.26 Å². The summed E-state index contributed by atoms with van der Waals surface area (Å²) in [7, 11) is 1.80. The average molecular weight is 357 g/mol. The zero-order chi connectivity index (χ0) is 19.1. The fraction of sp³-hybridized carbons (Fsp3) is 0.300. The van der Waals surface area contributed by atoms with Gasteiger partial charge in [0.2, 0.25) is 5.91 Å². The molecule has 0 spiro atoms. The molecule has 1 atom stereocenters. The third kappa shape index (κ3) is 5.64. The van der Waals surface area contributed by atoms with Crippen molar-refractivity contribution in [2.45, 2.75) is 25.9 Å². The van der Waals surface area contributed by atoms with Crippen molar-refractivity contribution in [3.63, 3.8) is 0 Å². The van der Waals surface area contributed by atoms with Crippen LogP contribution < -0.4 is 5.32 Å². The van der Waals surface area contributed by atoms with Crippen LogP contribution in [0.2, 0.25) is 0 Å². The van der Waals surface area contributed by atoms with Gasteiger partial charge in [-0.2, -0.15) is 5.26 Å². The molecule has 0 aliphatic rings. The SMILES string of the molecule is CC(Cc1c(F)cccc1F)NC(=O)CN(C)Cc1ccc(C#N)cc1. The van der Waals surface area contributed by atoms with Crippen LogP contribution in [0.5, 0.6) is 0 Å². The molecule has 1 amide bonds. The number of amides is 1. The summed E-state index contributed by atoms with van der Waals surface area (Å²) in [5, 5.41) is 11.6. The molecule has 0 bridgehead atoms. The number of hydrogen-bond donors (Lipinski definition) is 1. The topological polar surface area (TPSA) is 56.1 Å². The molecule has 1 unspecified atom stereocenters. The van der Waals surface area contributed by atoms with Crippen molar-refractivity contribution in [1.82, 2.24) is 10.2 Å². The van der Waals surface area contributed by atoms with E-state index in [2.05, 4.69) is 11.4 Å². The van der Waals surface area contributed by atoms with Crippen LogP contribution in [0.1, 0.15) is 23.6 Å². The Balaban J connectivity index is 1.84. The monoisotopic (exact) mass is 357 g/mol. The van der Waals surface area contributed by atoms with Gasteiger partial charge >= 0.3 is 0 Å². The number of rotatable bonds is 7. The van der Waals surface area contributed by atoms with Crippen LogP contribution in [-0.2, 0) is 17.8 Å². The Morgan fingerprint density at radius 2 is 1.81 bits per heavy atom. The molecule has 0 fully saturated rings. The Morgan fingerprint density at radius 3 is 2.38 bits per heavy atom. The number of hydrogen-bond acceptors (Lipinski definition) is 3. The molecule has 0 saturated heterocycles. The summed E-state index contributed by atoms with van der Waals surface area (Å²) in [5.74, 6) is -1.43. The number of carbonyl (C=O) groups excluding carboxylic acids is 1. The van der Waals surface area contributed by atoms with E-state index in [1.807, 2.05) is 17.0 Å². The highest BCUT2D eigenvalue weighted by Gasteiger charge is 2.15. The van der Waals surface area contributed by atoms with Crippen molar-refractivity contribution in [1.29, 1.82) is 5.26 Å². The second kappa shape index (κ2) is 9.07. The summed E-state index contributed by atoms with van der Waals surface area (Å²) in [6.07, 6.45) is 0.0869. The summed E-state index contributed by atoms with van der Waals surface area (Å²) in [5.41, 5.74) is 1.55. The predicted molar refractivity (Wildman–Crippen MR) is 95.2 cm³/mol. The average Bonchev–Trinajstić information content (AvgIpc) is 2.58. The minimum atomic E-state index is -0.607. The molecule has 0 saturated carbocycles. The van der Waals surface area contributed by atoms with Gasteiger partial charge in [-0.1, -0.05) is 18.2 Å². The molecule has 0 aliphatic carbocycles. The molecule has 0 heterocycles. The van der Waals surface area contributed by atoms with Crippen LogP contribution >= 0.6 is 0 Å². The van der Waals surface area contributed by atoms with E-state index in [0.717, 1.165) is 5.56 Å². The van der Waals surface area contributed by atoms with Gasteiger partial charge in [0.1, 0.15) is 11.6 Å². The van der Waals surface area contributed by atoms with E-state index in [9.17, 15) is 13.6 Å². The van der Waals surface area contributed by atoms with Gasteiger partial charge < -0.3 is 5.32 Å². The highest BCUT2D eigenvalue weighted by atomic mass is 19.1. The highest BCUT2D eigenvalue weighted by Crippen LogP contribution is 2.14. The lowest BCUT2D eigenvalue weighted by Crippen LogP contribution is -2.40. The molecule has 2 aromatic rings. The number of carbonyl (C=O) groups is 1. The second-order valence-electron chi connectivity index (χ2n) is 6.35. The highest BCUT2D eigenvalue weighted by molar-refractivity contribution is 5.78. The second-order valence-corrected chi connectivity index (χ2v) is 6.35. The standard InChI is InChI=1S/C20H21F2N3O/c1-14(10-17-18(21)4-3-5-19(17)22)24-20(26)13-25(2)12-16-8-6-15(11-23)7-9-16/h3-9,14H,10,12-13H2,1-2H3,(H,24,26). The Hall–Kier alpha value is -2.78. The van der Waals surface area contributed by atoms with Gasteiger partial charge in [0.25, 0.3) is 0 Å². The number of likely N-dealkylation sites (N-methyl/N-ethyl adjacent to an activating group) is 1. The van der Waals surface area contributed by atoms with Crippen molar-refractivity contribution in [2.24, 2.45) is 0 Å². The zero-order valence-corrected chi connectivity index (χ0v) is 14.8. The molecule has 2 aromatic carbocycles. The van der Waals surface area contributed by atoms with E-state index >= 15 is 0 Å². The number of benzene rings is 2. The largest absolute Gasteiger partial charge is 0.352 e. The van der Waals surface area contributed by atoms with Gasteiger partial charge in [-0.25, -0.2) is 8.78 Å². The summed E-state index contributed by atoms with van der Waals surface area (Å²) >= 11 is 0. The normalized spacial score (nSPS) is 11.8. The third-order valence-corrected chi connectivity index (χ3v) is 3.93. The molecule has 1 N–H and O–H groups in total. The maximum Gasteiger partial charge on any atom is 0.234 e. The maximum absolute atomic E-state index is 13.7. The lowest BCUT2D eigenvalue weighted by molar-refractivity contribution is -0.122. The van der Waals surface area contributed by atoms with Gasteiger partial charge in [-0.05, 0) is 50.2 Å². The number of nitrogens with zero attached hydrogens (tertiary/aromatic N) is 2. The Morgan fingerprint density at radius 1 is 1.19 bits per heavy atom. The lowest BCUT2D eigenvalue weighted by atomic mass is 10.1. The van der Waals surface area contributed by atoms with Gasteiger partial charge in [0.15, 0.2) is 0 Å². The minimum absolute atomic E-state index is 0.0220. The fourth-order valence-electron chi connectivity index (χ4n) is 2.70. The van der Waals surface area contributed by atoms with Gasteiger partial charge in [0, 0.05) is 18.2 Å². The first kappa shape index (κ1) is 19.5. The van der Waals surface area contributed by atoms with Crippen LogP contribution in [-0.4, -0.2) is 30.4 Å². The van der Waals surface area contributed by atoms with E-state index in [0.29, 0.717) is 12.1 Å². The number of nitriles is 1. The lowest BCUT2D eigenvalue weighted by Gasteiger charge is -2.19. The van der Waals surface area contributed by atoms with Crippen LogP contribution in [0.3, 0.4) is 0 Å². The Labute approximate surface area is 152 Å². The first-order valence-corrected chi connectivity index (χ1v) is 8.29. The van der Waals surface area contributed by atoms with E-state index < -0.39 is 17.7 Å². The molecule has 136 valence electrons. The van der Waals surface area contributed by atoms with Crippen LogP contribution in [0.4, 0.5) is 8.78 Å². The van der Waals surface area contributed by atoms with E-state index in [1.165, 1.54) is 18.2 Å². The van der Waals surface area contributed by atoms with Gasteiger partial charge in [-0.15, -0.1) is 0 Å². The zero-order valence-electron chi connectivity index (χ0n) is 14.8. The Kier molecular flexibility index (Phi) is 6.81. The summed E-state index contributed by atoms with van der Waals surface area (Å²) < 4.78 is 27.3. The van der Waals surface area contributed by atoms with Crippen molar-refractivity contribution >= 4 is 5.91 Å². The third-order valence-electron chi connectivity index (χ3n) is 3.93. The van der Waals surface area contributed by atoms with Crippen LogP contribution in [0.15, 0.2) is 42.5 Å². The summed E-state index contributed by atoms with van der Waals surface area (Å²) in [6.45, 7) is 2.42. The fourth-order valence-corrected chi connectivity index (χ4v) is 2.70. The Bertz CT molecular complexity index is 779. The van der Waals surface area contributed by atoms with Crippen molar-refractivity contribution in [3.8, 4) is 6.07 Å². The molecular weight excluding hydrogens is 336 g/mol. The van der Waals surface area contributed by atoms with Crippen molar-refractivity contribution in [3.05, 3.63) is 70.8 Å². The quantitative estimate of drug-likeness (QED) is 0.829. The molecule has 2 rings (SSSR count). The first-order valence-electron chi connectivity index (χ1n) is 8.29. The molecule has 6 heteroatoms. The molecule has 4 nitrogen and oxygen atoms in total. The predicted octanol–water partition coefficient (Wildman–Crippen LogP) is 3.02. The first-order chi connectivity index (χ1) is 12.4. The molecule has 26 heavy (non-hydrogen) atoms. The molecular formula is C20H21F2N3O. The van der Waals surface area contributed by atoms with E-state index in [-0.39, 0.29) is 24.4 Å². The molecule has 0 aromatic heterocycles. The summed E-state index contributed by atoms with van der Waals surface area (Å²) in [4.78, 5) is 14.0. The van der Waals surface area contributed by atoms with Crippen LogP contribution in [0.25, 0.3) is 0 Å². The van der Waals surface area contributed by atoms with Crippen molar-refractivity contribution < 1.29 is 13.6 Å². The number of nitrogens with one attached hydrogen (secondary N) is 1. The van der Waals surface area contributed by atoms with Crippen LogP contribution in [0, 0.1) is 23.0 Å². The van der Waals surface area contributed by atoms with Crippen molar-refractivity contribution in [2.75, 3.05) is 13.6 Å². The van der Waals surface area contributed by atoms with Gasteiger partial charge in [-0.3, -0.25) is 9.69 Å².